The smallest absolute Gasteiger partial charge is 0.363 e. The van der Waals surface area contributed by atoms with E-state index in [2.05, 4.69) is 36.9 Å². The van der Waals surface area contributed by atoms with E-state index in [1.54, 1.807) is 37.3 Å². The maximum atomic E-state index is 12.4. The fraction of sp³-hybridized carbons (Fsp3) is 0.0833. The number of aliphatic imine (C=N–C) groups is 1. The molecular weight excluding hydrogens is 592 g/mol. The monoisotopic (exact) mass is 604 g/mol. The molecule has 0 amide bonds. The van der Waals surface area contributed by atoms with Crippen LogP contribution in [-0.4, -0.2) is 16.8 Å². The van der Waals surface area contributed by atoms with Crippen molar-refractivity contribution in [2.24, 2.45) is 4.99 Å². The standard InChI is InChI=1S/C24H15Br2ClN2O5/c1-13-8-15(6-7-21(13)29(31)32)23-28-20(24(30)34-23)11-14-9-17(25)22(18(26)10-14)33-12-16-4-2-3-5-19(16)27/h2-11H,12H2,1H3/b20-11-. The van der Waals surface area contributed by atoms with Gasteiger partial charge < -0.3 is 9.47 Å². The minimum absolute atomic E-state index is 0.0176. The number of rotatable bonds is 6. The van der Waals surface area contributed by atoms with Crippen molar-refractivity contribution in [3.05, 3.63) is 107 Å². The van der Waals surface area contributed by atoms with E-state index in [-0.39, 0.29) is 23.9 Å². The molecule has 3 aromatic carbocycles. The number of benzene rings is 3. The van der Waals surface area contributed by atoms with Crippen LogP contribution in [0.2, 0.25) is 5.02 Å². The molecule has 3 aromatic rings. The number of carbonyl (C=O) groups excluding carboxylic acids is 1. The van der Waals surface area contributed by atoms with Gasteiger partial charge in [-0.2, -0.15) is 0 Å². The number of carbonyl (C=O) groups is 1. The lowest BCUT2D eigenvalue weighted by molar-refractivity contribution is -0.385. The zero-order valence-electron chi connectivity index (χ0n) is 17.6. The SMILES string of the molecule is Cc1cc(C2=N/C(=C\c3cc(Br)c(OCc4ccccc4Cl)c(Br)c3)C(=O)O2)ccc1[N+](=O)[O-]. The van der Waals surface area contributed by atoms with E-state index in [4.69, 9.17) is 21.1 Å². The molecule has 34 heavy (non-hydrogen) atoms. The molecule has 0 fully saturated rings. The summed E-state index contributed by atoms with van der Waals surface area (Å²) in [7, 11) is 0. The predicted octanol–water partition coefficient (Wildman–Crippen LogP) is 7.01. The van der Waals surface area contributed by atoms with Crippen LogP contribution in [0.3, 0.4) is 0 Å². The van der Waals surface area contributed by atoms with Gasteiger partial charge in [-0.05, 0) is 80.8 Å². The van der Waals surface area contributed by atoms with Crippen molar-refractivity contribution in [3.8, 4) is 5.75 Å². The molecule has 0 saturated carbocycles. The van der Waals surface area contributed by atoms with Crippen molar-refractivity contribution in [3.63, 3.8) is 0 Å². The van der Waals surface area contributed by atoms with Gasteiger partial charge in [-0.15, -0.1) is 0 Å². The number of ether oxygens (including phenoxy) is 2. The van der Waals surface area contributed by atoms with Crippen LogP contribution in [0.1, 0.15) is 22.3 Å². The fourth-order valence-electron chi connectivity index (χ4n) is 3.25. The molecule has 10 heteroatoms. The van der Waals surface area contributed by atoms with Gasteiger partial charge in [0, 0.05) is 27.8 Å². The lowest BCUT2D eigenvalue weighted by Gasteiger charge is -2.12. The summed E-state index contributed by atoms with van der Waals surface area (Å²) in [6.45, 7) is 1.89. The average molecular weight is 607 g/mol. The molecule has 0 aromatic heterocycles. The van der Waals surface area contributed by atoms with Gasteiger partial charge in [-0.3, -0.25) is 10.1 Å². The van der Waals surface area contributed by atoms with Crippen molar-refractivity contribution in [1.82, 2.24) is 0 Å². The number of cyclic esters (lactones) is 1. The van der Waals surface area contributed by atoms with E-state index in [1.165, 1.54) is 12.1 Å². The van der Waals surface area contributed by atoms with Crippen LogP contribution >= 0.6 is 43.5 Å². The van der Waals surface area contributed by atoms with Gasteiger partial charge in [0.25, 0.3) is 5.69 Å². The van der Waals surface area contributed by atoms with Crippen molar-refractivity contribution in [2.75, 3.05) is 0 Å². The number of nitrogens with zero attached hydrogens (tertiary/aromatic N) is 2. The molecule has 0 spiro atoms. The maximum Gasteiger partial charge on any atom is 0.363 e. The molecule has 0 radical (unpaired) electrons. The maximum absolute atomic E-state index is 12.4. The Kier molecular flexibility index (Phi) is 7.16. The van der Waals surface area contributed by atoms with E-state index in [0.717, 1.165) is 5.56 Å². The first kappa shape index (κ1) is 24.1. The lowest BCUT2D eigenvalue weighted by atomic mass is 10.1. The van der Waals surface area contributed by atoms with E-state index < -0.39 is 10.9 Å². The lowest BCUT2D eigenvalue weighted by Crippen LogP contribution is -2.06. The summed E-state index contributed by atoms with van der Waals surface area (Å²) in [5.74, 6) is 0.0611. The number of esters is 1. The van der Waals surface area contributed by atoms with Gasteiger partial charge in [0.2, 0.25) is 5.90 Å². The topological polar surface area (TPSA) is 91.0 Å². The van der Waals surface area contributed by atoms with Crippen LogP contribution < -0.4 is 4.74 Å². The average Bonchev–Trinajstić information content (AvgIpc) is 3.14. The fourth-order valence-corrected chi connectivity index (χ4v) is 4.89. The van der Waals surface area contributed by atoms with E-state index in [1.807, 2.05) is 18.2 Å². The second-order valence-corrected chi connectivity index (χ2v) is 9.40. The third kappa shape index (κ3) is 5.22. The Morgan fingerprint density at radius 2 is 1.85 bits per heavy atom. The second-order valence-electron chi connectivity index (χ2n) is 7.29. The molecule has 4 rings (SSSR count). The number of hydrogen-bond donors (Lipinski definition) is 0. The van der Waals surface area contributed by atoms with Crippen molar-refractivity contribution < 1.29 is 19.2 Å². The Balaban J connectivity index is 1.57. The largest absolute Gasteiger partial charge is 0.486 e. The first-order valence-electron chi connectivity index (χ1n) is 9.86. The third-order valence-corrected chi connectivity index (χ3v) is 6.46. The zero-order valence-corrected chi connectivity index (χ0v) is 21.5. The quantitative estimate of drug-likeness (QED) is 0.130. The minimum Gasteiger partial charge on any atom is -0.486 e. The summed E-state index contributed by atoms with van der Waals surface area (Å²) < 4.78 is 12.5. The minimum atomic E-state index is -0.614. The summed E-state index contributed by atoms with van der Waals surface area (Å²) in [6.07, 6.45) is 1.58. The molecule has 0 unspecified atom stereocenters. The van der Waals surface area contributed by atoms with Gasteiger partial charge >= 0.3 is 5.97 Å². The van der Waals surface area contributed by atoms with Crippen molar-refractivity contribution >= 4 is 67.1 Å². The Hall–Kier alpha value is -3.01. The Morgan fingerprint density at radius 1 is 1.15 bits per heavy atom. The third-order valence-electron chi connectivity index (χ3n) is 4.91. The van der Waals surface area contributed by atoms with Gasteiger partial charge in [-0.1, -0.05) is 29.8 Å². The van der Waals surface area contributed by atoms with Gasteiger partial charge in [0.15, 0.2) is 5.70 Å². The number of nitro benzene ring substituents is 1. The highest BCUT2D eigenvalue weighted by Gasteiger charge is 2.25. The highest BCUT2D eigenvalue weighted by Crippen LogP contribution is 2.36. The van der Waals surface area contributed by atoms with Crippen molar-refractivity contribution in [1.29, 1.82) is 0 Å². The number of aryl methyl sites for hydroxylation is 1. The second kappa shape index (κ2) is 10.1. The zero-order chi connectivity index (χ0) is 24.4. The molecule has 1 aliphatic rings. The van der Waals surface area contributed by atoms with Gasteiger partial charge in [-0.25, -0.2) is 9.79 Å². The summed E-state index contributed by atoms with van der Waals surface area (Å²) in [4.78, 5) is 27.2. The van der Waals surface area contributed by atoms with Crippen LogP contribution in [0, 0.1) is 17.0 Å². The molecule has 0 N–H and O–H groups in total. The Bertz CT molecular complexity index is 1360. The molecule has 0 bridgehead atoms. The summed E-state index contributed by atoms with van der Waals surface area (Å²) in [6, 6.07) is 15.4. The first-order chi connectivity index (χ1) is 16.2. The summed E-state index contributed by atoms with van der Waals surface area (Å²) >= 11 is 13.2. The molecule has 0 saturated heterocycles. The number of nitro groups is 1. The normalized spacial score (nSPS) is 14.2. The Morgan fingerprint density at radius 3 is 2.50 bits per heavy atom. The van der Waals surface area contributed by atoms with Gasteiger partial charge in [0.05, 0.1) is 13.9 Å². The van der Waals surface area contributed by atoms with E-state index >= 15 is 0 Å². The van der Waals surface area contributed by atoms with E-state index in [9.17, 15) is 14.9 Å². The summed E-state index contributed by atoms with van der Waals surface area (Å²) in [5, 5.41) is 11.6. The molecule has 1 heterocycles. The molecule has 0 aliphatic carbocycles. The highest BCUT2D eigenvalue weighted by atomic mass is 79.9. The first-order valence-corrected chi connectivity index (χ1v) is 11.8. The molecule has 7 nitrogen and oxygen atoms in total. The van der Waals surface area contributed by atoms with Crippen LogP contribution in [-0.2, 0) is 16.1 Å². The van der Waals surface area contributed by atoms with Crippen LogP contribution in [0.25, 0.3) is 6.08 Å². The summed E-state index contributed by atoms with van der Waals surface area (Å²) in [5.41, 5.74) is 2.54. The number of hydrogen-bond acceptors (Lipinski definition) is 6. The Labute approximate surface area is 216 Å². The van der Waals surface area contributed by atoms with Crippen LogP contribution in [0.5, 0.6) is 5.75 Å². The predicted molar refractivity (Wildman–Crippen MR) is 136 cm³/mol. The highest BCUT2D eigenvalue weighted by molar-refractivity contribution is 9.11. The van der Waals surface area contributed by atoms with Crippen LogP contribution in [0.15, 0.2) is 74.2 Å². The van der Waals surface area contributed by atoms with Crippen molar-refractivity contribution in [2.45, 2.75) is 13.5 Å². The van der Waals surface area contributed by atoms with Gasteiger partial charge in [0.1, 0.15) is 12.4 Å². The van der Waals surface area contributed by atoms with Crippen LogP contribution in [0.4, 0.5) is 5.69 Å². The number of halogens is 3. The molecule has 1 aliphatic heterocycles. The molecule has 172 valence electrons. The molecule has 0 atom stereocenters. The van der Waals surface area contributed by atoms with E-state index in [0.29, 0.717) is 36.4 Å². The molecular formula is C24H15Br2ClN2O5.